The summed E-state index contributed by atoms with van der Waals surface area (Å²) in [4.78, 5) is 55.1. The van der Waals surface area contributed by atoms with E-state index < -0.39 is 11.9 Å². The standard InChI is InChI=1S/C12H20N2O4.C6H10O4.C3H6O2/c1-13(2)7-5-11(15)17-9-10-18-12(16)6-8-14(3)4;1-5(7)9-3-4-10-6(2)8;1-2-5-3-4/h5-8H,9-10H2,1-4H3;3-4H2,1-2H3;3H,2H2,1H3/b7-5+,8-6+;;. The molecule has 12 heteroatoms. The molecule has 0 fully saturated rings. The van der Waals surface area contributed by atoms with Crippen molar-refractivity contribution in [3.05, 3.63) is 24.6 Å². The molecule has 0 aromatic rings. The third-order valence-corrected chi connectivity index (χ3v) is 2.52. The number of carbonyl (C=O) groups is 5. The highest BCUT2D eigenvalue weighted by Gasteiger charge is 2.00. The van der Waals surface area contributed by atoms with Crippen molar-refractivity contribution < 1.29 is 47.7 Å². The molecule has 33 heavy (non-hydrogen) atoms. The lowest BCUT2D eigenvalue weighted by Gasteiger charge is -2.05. The number of rotatable bonds is 12. The van der Waals surface area contributed by atoms with E-state index >= 15 is 0 Å². The van der Waals surface area contributed by atoms with Crippen LogP contribution in [0, 0.1) is 0 Å². The van der Waals surface area contributed by atoms with Crippen LogP contribution in [0.5, 0.6) is 0 Å². The maximum Gasteiger partial charge on any atom is 0.332 e. The first kappa shape index (κ1) is 34.1. The van der Waals surface area contributed by atoms with E-state index in [4.69, 9.17) is 9.47 Å². The van der Waals surface area contributed by atoms with E-state index in [-0.39, 0.29) is 38.4 Å². The smallest absolute Gasteiger partial charge is 0.332 e. The van der Waals surface area contributed by atoms with Gasteiger partial charge in [-0.05, 0) is 6.92 Å². The summed E-state index contributed by atoms with van der Waals surface area (Å²) in [6.45, 7) is 5.61. The number of esters is 4. The van der Waals surface area contributed by atoms with Crippen LogP contribution in [-0.4, -0.2) is 101 Å². The average Bonchev–Trinajstić information content (AvgIpc) is 2.72. The van der Waals surface area contributed by atoms with Gasteiger partial charge in [-0.25, -0.2) is 9.59 Å². The molecule has 0 saturated heterocycles. The number of carbonyl (C=O) groups excluding carboxylic acids is 5. The lowest BCUT2D eigenvalue weighted by Crippen LogP contribution is -2.12. The van der Waals surface area contributed by atoms with E-state index in [1.807, 2.05) is 0 Å². The molecule has 0 heterocycles. The van der Waals surface area contributed by atoms with Gasteiger partial charge in [-0.15, -0.1) is 0 Å². The van der Waals surface area contributed by atoms with Crippen LogP contribution in [0.3, 0.4) is 0 Å². The fraction of sp³-hybridized carbons (Fsp3) is 0.571. The molecule has 0 aromatic heterocycles. The van der Waals surface area contributed by atoms with Crippen LogP contribution in [0.25, 0.3) is 0 Å². The van der Waals surface area contributed by atoms with E-state index in [0.717, 1.165) is 0 Å². The summed E-state index contributed by atoms with van der Waals surface area (Å²) in [5, 5.41) is 0. The van der Waals surface area contributed by atoms with Gasteiger partial charge in [0.05, 0.1) is 6.61 Å². The van der Waals surface area contributed by atoms with E-state index in [1.165, 1.54) is 26.0 Å². The Hall–Kier alpha value is -3.57. The summed E-state index contributed by atoms with van der Waals surface area (Å²) in [6.07, 6.45) is 5.75. The van der Waals surface area contributed by atoms with Gasteiger partial charge >= 0.3 is 23.9 Å². The molecule has 190 valence electrons. The summed E-state index contributed by atoms with van der Waals surface area (Å²) in [5.41, 5.74) is 0. The molecule has 0 spiro atoms. The summed E-state index contributed by atoms with van der Waals surface area (Å²) >= 11 is 0. The zero-order valence-corrected chi connectivity index (χ0v) is 20.4. The minimum Gasteiger partial charge on any atom is -0.468 e. The Kier molecular flexibility index (Phi) is 25.5. The largest absolute Gasteiger partial charge is 0.468 e. The summed E-state index contributed by atoms with van der Waals surface area (Å²) in [7, 11) is 7.18. The van der Waals surface area contributed by atoms with Crippen LogP contribution in [0.2, 0.25) is 0 Å². The molecule has 0 aliphatic rings. The van der Waals surface area contributed by atoms with Crippen LogP contribution in [0.4, 0.5) is 0 Å². The van der Waals surface area contributed by atoms with Gasteiger partial charge in [0.2, 0.25) is 0 Å². The second-order valence-electron chi connectivity index (χ2n) is 6.13. The zero-order valence-electron chi connectivity index (χ0n) is 20.4. The zero-order chi connectivity index (χ0) is 26.1. The van der Waals surface area contributed by atoms with Gasteiger partial charge in [0.1, 0.15) is 26.4 Å². The first-order chi connectivity index (χ1) is 15.5. The van der Waals surface area contributed by atoms with Gasteiger partial charge in [-0.1, -0.05) is 0 Å². The van der Waals surface area contributed by atoms with Crippen molar-refractivity contribution in [2.75, 3.05) is 61.2 Å². The second-order valence-corrected chi connectivity index (χ2v) is 6.13. The van der Waals surface area contributed by atoms with Crippen molar-refractivity contribution >= 4 is 30.3 Å². The Morgan fingerprint density at radius 1 is 0.667 bits per heavy atom. The molecular formula is C21H36N2O10. The molecule has 12 nitrogen and oxygen atoms in total. The number of hydrogen-bond acceptors (Lipinski definition) is 12. The number of hydrogen-bond donors (Lipinski definition) is 0. The van der Waals surface area contributed by atoms with Crippen molar-refractivity contribution in [2.45, 2.75) is 20.8 Å². The number of ether oxygens (including phenoxy) is 5. The molecule has 0 amide bonds. The van der Waals surface area contributed by atoms with Gasteiger partial charge < -0.3 is 33.5 Å². The molecule has 0 unspecified atom stereocenters. The molecule has 0 aliphatic heterocycles. The third kappa shape index (κ3) is 39.5. The van der Waals surface area contributed by atoms with Crippen LogP contribution >= 0.6 is 0 Å². The molecule has 0 atom stereocenters. The van der Waals surface area contributed by atoms with Crippen molar-refractivity contribution in [3.63, 3.8) is 0 Å². The van der Waals surface area contributed by atoms with E-state index in [1.54, 1.807) is 57.3 Å². The topological polar surface area (TPSA) is 138 Å². The summed E-state index contributed by atoms with van der Waals surface area (Å²) in [5.74, 6) is -1.67. The maximum absolute atomic E-state index is 11.1. The Balaban J connectivity index is -0.000000500. The van der Waals surface area contributed by atoms with Crippen molar-refractivity contribution in [1.29, 1.82) is 0 Å². The fourth-order valence-electron chi connectivity index (χ4n) is 1.24. The monoisotopic (exact) mass is 476 g/mol. The number of nitrogens with zero attached hydrogens (tertiary/aromatic N) is 2. The van der Waals surface area contributed by atoms with E-state index in [2.05, 4.69) is 14.2 Å². The Bertz CT molecular complexity index is 568. The van der Waals surface area contributed by atoms with Gasteiger partial charge in [0.15, 0.2) is 0 Å². The van der Waals surface area contributed by atoms with Crippen molar-refractivity contribution in [1.82, 2.24) is 9.80 Å². The molecular weight excluding hydrogens is 440 g/mol. The molecule has 0 aliphatic carbocycles. The maximum atomic E-state index is 11.1. The Labute approximate surface area is 195 Å². The molecule has 0 N–H and O–H groups in total. The lowest BCUT2D eigenvalue weighted by molar-refractivity contribution is -0.149. The molecule has 0 bridgehead atoms. The molecule has 0 saturated carbocycles. The SMILES string of the molecule is CC(=O)OCCOC(C)=O.CCOC=O.CN(C)/C=C/C(=O)OCCOC(=O)/C=C/N(C)C. The fourth-order valence-corrected chi connectivity index (χ4v) is 1.24. The van der Waals surface area contributed by atoms with Gasteiger partial charge in [-0.2, -0.15) is 0 Å². The highest BCUT2D eigenvalue weighted by atomic mass is 16.6. The molecule has 0 rings (SSSR count). The predicted molar refractivity (Wildman–Crippen MR) is 119 cm³/mol. The molecule has 0 radical (unpaired) electrons. The first-order valence-corrected chi connectivity index (χ1v) is 9.80. The van der Waals surface area contributed by atoms with Crippen LogP contribution in [0.1, 0.15) is 20.8 Å². The van der Waals surface area contributed by atoms with E-state index in [9.17, 15) is 24.0 Å². The van der Waals surface area contributed by atoms with Crippen molar-refractivity contribution in [2.24, 2.45) is 0 Å². The van der Waals surface area contributed by atoms with Crippen LogP contribution in [0.15, 0.2) is 24.6 Å². The first-order valence-electron chi connectivity index (χ1n) is 9.80. The third-order valence-electron chi connectivity index (χ3n) is 2.52. The average molecular weight is 477 g/mol. The highest BCUT2D eigenvalue weighted by molar-refractivity contribution is 5.82. The van der Waals surface area contributed by atoms with Crippen LogP contribution in [-0.2, 0) is 47.7 Å². The Morgan fingerprint density at radius 3 is 1.21 bits per heavy atom. The van der Waals surface area contributed by atoms with Gasteiger partial charge in [0, 0.05) is 66.6 Å². The summed E-state index contributed by atoms with van der Waals surface area (Å²) < 4.78 is 22.7. The minimum absolute atomic E-state index is 0.0398. The normalized spacial score (nSPS) is 9.42. The summed E-state index contributed by atoms with van der Waals surface area (Å²) in [6, 6.07) is 0. The second kappa shape index (κ2) is 24.7. The predicted octanol–water partition coefficient (Wildman–Crippen LogP) is 0.515. The lowest BCUT2D eigenvalue weighted by atomic mass is 10.6. The molecule has 0 aromatic carbocycles. The van der Waals surface area contributed by atoms with Gasteiger partial charge in [-0.3, -0.25) is 14.4 Å². The van der Waals surface area contributed by atoms with Crippen molar-refractivity contribution in [3.8, 4) is 0 Å². The van der Waals surface area contributed by atoms with E-state index in [0.29, 0.717) is 13.1 Å². The Morgan fingerprint density at radius 2 is 1.00 bits per heavy atom. The quantitative estimate of drug-likeness (QED) is 0.128. The minimum atomic E-state index is -0.469. The van der Waals surface area contributed by atoms with Gasteiger partial charge in [0.25, 0.3) is 6.47 Å². The highest BCUT2D eigenvalue weighted by Crippen LogP contribution is 1.87. The van der Waals surface area contributed by atoms with Crippen LogP contribution < -0.4 is 0 Å².